The van der Waals surface area contributed by atoms with Crippen LogP contribution in [-0.2, 0) is 0 Å². The zero-order chi connectivity index (χ0) is 13.7. The van der Waals surface area contributed by atoms with Crippen LogP contribution in [0.3, 0.4) is 0 Å². The van der Waals surface area contributed by atoms with Crippen LogP contribution in [0.5, 0.6) is 5.75 Å². The Bertz CT molecular complexity index is 562. The van der Waals surface area contributed by atoms with Crippen molar-refractivity contribution < 1.29 is 9.13 Å². The van der Waals surface area contributed by atoms with E-state index in [1.165, 1.54) is 12.1 Å². The molecule has 2 aromatic carbocycles. The lowest BCUT2D eigenvalue weighted by molar-refractivity contribution is 0.415. The number of benzene rings is 2. The van der Waals surface area contributed by atoms with Crippen LogP contribution < -0.4 is 10.2 Å². The Kier molecular flexibility index (Phi) is 4.13. The SMILES string of the molecule is COc1ccc(/C(C)=N\Nc2ccc(F)cc2)cc1. The Labute approximate surface area is 111 Å². The molecule has 0 unspecified atom stereocenters. The van der Waals surface area contributed by atoms with Gasteiger partial charge < -0.3 is 4.74 Å². The van der Waals surface area contributed by atoms with Gasteiger partial charge in [0.25, 0.3) is 0 Å². The molecule has 0 fully saturated rings. The molecule has 19 heavy (non-hydrogen) atoms. The van der Waals surface area contributed by atoms with Gasteiger partial charge in [0.2, 0.25) is 0 Å². The van der Waals surface area contributed by atoms with Crippen LogP contribution in [0.1, 0.15) is 12.5 Å². The molecule has 98 valence electrons. The Morgan fingerprint density at radius 2 is 1.68 bits per heavy atom. The highest BCUT2D eigenvalue weighted by atomic mass is 19.1. The Balaban J connectivity index is 2.07. The van der Waals surface area contributed by atoms with E-state index in [0.717, 1.165) is 22.7 Å². The lowest BCUT2D eigenvalue weighted by Gasteiger charge is -2.05. The van der Waals surface area contributed by atoms with Gasteiger partial charge >= 0.3 is 0 Å². The van der Waals surface area contributed by atoms with Crippen LogP contribution in [0.4, 0.5) is 10.1 Å². The van der Waals surface area contributed by atoms with Crippen molar-refractivity contribution in [2.45, 2.75) is 6.92 Å². The molecule has 4 heteroatoms. The smallest absolute Gasteiger partial charge is 0.123 e. The van der Waals surface area contributed by atoms with E-state index >= 15 is 0 Å². The van der Waals surface area contributed by atoms with E-state index in [4.69, 9.17) is 4.74 Å². The molecule has 0 spiro atoms. The number of nitrogens with zero attached hydrogens (tertiary/aromatic N) is 1. The quantitative estimate of drug-likeness (QED) is 0.670. The average Bonchev–Trinajstić information content (AvgIpc) is 2.46. The predicted molar refractivity (Wildman–Crippen MR) is 75.2 cm³/mol. The molecule has 0 bridgehead atoms. The summed E-state index contributed by atoms with van der Waals surface area (Å²) < 4.78 is 17.8. The van der Waals surface area contributed by atoms with E-state index in [0.29, 0.717) is 0 Å². The first-order valence-corrected chi connectivity index (χ1v) is 5.89. The zero-order valence-corrected chi connectivity index (χ0v) is 10.9. The first-order valence-electron chi connectivity index (χ1n) is 5.89. The van der Waals surface area contributed by atoms with Crippen molar-refractivity contribution in [2.75, 3.05) is 12.5 Å². The van der Waals surface area contributed by atoms with E-state index in [9.17, 15) is 4.39 Å². The molecule has 0 radical (unpaired) electrons. The maximum Gasteiger partial charge on any atom is 0.123 e. The lowest BCUT2D eigenvalue weighted by atomic mass is 10.1. The highest BCUT2D eigenvalue weighted by Crippen LogP contribution is 2.13. The molecule has 0 saturated carbocycles. The number of hydrazone groups is 1. The Hall–Kier alpha value is -2.36. The molecule has 0 amide bonds. The second kappa shape index (κ2) is 6.00. The normalized spacial score (nSPS) is 11.2. The van der Waals surface area contributed by atoms with Gasteiger partial charge in [-0.2, -0.15) is 5.10 Å². The molecule has 0 aliphatic heterocycles. The Morgan fingerprint density at radius 1 is 1.05 bits per heavy atom. The number of hydrogen-bond donors (Lipinski definition) is 1. The van der Waals surface area contributed by atoms with Gasteiger partial charge in [-0.05, 0) is 61.0 Å². The number of hydrogen-bond acceptors (Lipinski definition) is 3. The van der Waals surface area contributed by atoms with Gasteiger partial charge in [-0.1, -0.05) is 0 Å². The topological polar surface area (TPSA) is 33.6 Å². The van der Waals surface area contributed by atoms with Crippen LogP contribution in [-0.4, -0.2) is 12.8 Å². The number of rotatable bonds is 4. The summed E-state index contributed by atoms with van der Waals surface area (Å²) in [6.45, 7) is 1.90. The van der Waals surface area contributed by atoms with E-state index in [-0.39, 0.29) is 5.82 Å². The van der Waals surface area contributed by atoms with Gasteiger partial charge in [0, 0.05) is 0 Å². The van der Waals surface area contributed by atoms with Crippen molar-refractivity contribution in [3.05, 3.63) is 59.9 Å². The van der Waals surface area contributed by atoms with E-state index in [2.05, 4.69) is 10.5 Å². The third kappa shape index (κ3) is 3.55. The van der Waals surface area contributed by atoms with Gasteiger partial charge in [-0.25, -0.2) is 4.39 Å². The number of nitrogens with one attached hydrogen (secondary N) is 1. The number of halogens is 1. The average molecular weight is 258 g/mol. The number of ether oxygens (including phenoxy) is 1. The molecule has 0 aromatic heterocycles. The van der Waals surface area contributed by atoms with Crippen molar-refractivity contribution in [2.24, 2.45) is 5.10 Å². The summed E-state index contributed by atoms with van der Waals surface area (Å²) in [4.78, 5) is 0. The molecule has 2 aromatic rings. The summed E-state index contributed by atoms with van der Waals surface area (Å²) >= 11 is 0. The van der Waals surface area contributed by atoms with Crippen LogP contribution >= 0.6 is 0 Å². The molecular formula is C15H15FN2O. The molecule has 1 N–H and O–H groups in total. The maximum absolute atomic E-state index is 12.7. The fourth-order valence-electron chi connectivity index (χ4n) is 1.57. The van der Waals surface area contributed by atoms with Crippen molar-refractivity contribution in [3.63, 3.8) is 0 Å². The highest BCUT2D eigenvalue weighted by molar-refractivity contribution is 5.99. The summed E-state index contributed by atoms with van der Waals surface area (Å²) in [6, 6.07) is 13.7. The molecular weight excluding hydrogens is 243 g/mol. The Morgan fingerprint density at radius 3 is 2.26 bits per heavy atom. The number of anilines is 1. The van der Waals surface area contributed by atoms with Crippen LogP contribution in [0, 0.1) is 5.82 Å². The van der Waals surface area contributed by atoms with Crippen molar-refractivity contribution >= 4 is 11.4 Å². The van der Waals surface area contributed by atoms with E-state index in [1.807, 2.05) is 31.2 Å². The van der Waals surface area contributed by atoms with E-state index in [1.54, 1.807) is 19.2 Å². The third-order valence-corrected chi connectivity index (χ3v) is 2.70. The molecule has 0 atom stereocenters. The molecule has 0 heterocycles. The van der Waals surface area contributed by atoms with Gasteiger partial charge in [0.05, 0.1) is 18.5 Å². The van der Waals surface area contributed by atoms with Crippen LogP contribution in [0.15, 0.2) is 53.6 Å². The van der Waals surface area contributed by atoms with Crippen LogP contribution in [0.25, 0.3) is 0 Å². The maximum atomic E-state index is 12.7. The molecule has 3 nitrogen and oxygen atoms in total. The number of methoxy groups -OCH3 is 1. The monoisotopic (exact) mass is 258 g/mol. The fraction of sp³-hybridized carbons (Fsp3) is 0.133. The molecule has 2 rings (SSSR count). The van der Waals surface area contributed by atoms with Gasteiger partial charge in [0.1, 0.15) is 11.6 Å². The minimum atomic E-state index is -0.263. The van der Waals surface area contributed by atoms with Gasteiger partial charge in [-0.15, -0.1) is 0 Å². The van der Waals surface area contributed by atoms with Gasteiger partial charge in [0.15, 0.2) is 0 Å². The molecule has 0 saturated heterocycles. The fourth-order valence-corrected chi connectivity index (χ4v) is 1.57. The zero-order valence-electron chi connectivity index (χ0n) is 10.9. The molecule has 0 aliphatic rings. The highest BCUT2D eigenvalue weighted by Gasteiger charge is 1.98. The first kappa shape index (κ1) is 13.1. The van der Waals surface area contributed by atoms with Gasteiger partial charge in [-0.3, -0.25) is 5.43 Å². The first-order chi connectivity index (χ1) is 9.19. The van der Waals surface area contributed by atoms with Crippen LogP contribution in [0.2, 0.25) is 0 Å². The van der Waals surface area contributed by atoms with E-state index < -0.39 is 0 Å². The largest absolute Gasteiger partial charge is 0.497 e. The second-order valence-electron chi connectivity index (χ2n) is 4.04. The third-order valence-electron chi connectivity index (χ3n) is 2.70. The van der Waals surface area contributed by atoms with Crippen molar-refractivity contribution in [1.29, 1.82) is 0 Å². The standard InChI is InChI=1S/C15H15FN2O/c1-11(12-3-9-15(19-2)10-4-12)17-18-14-7-5-13(16)6-8-14/h3-10,18H,1-2H3/b17-11-. The minimum Gasteiger partial charge on any atom is -0.497 e. The summed E-state index contributed by atoms with van der Waals surface area (Å²) in [7, 11) is 1.63. The van der Waals surface area contributed by atoms with Crippen molar-refractivity contribution in [1.82, 2.24) is 0 Å². The predicted octanol–water partition coefficient (Wildman–Crippen LogP) is 3.67. The second-order valence-corrected chi connectivity index (χ2v) is 4.04. The summed E-state index contributed by atoms with van der Waals surface area (Å²) in [6.07, 6.45) is 0. The minimum absolute atomic E-state index is 0.263. The lowest BCUT2D eigenvalue weighted by Crippen LogP contribution is -1.99. The molecule has 0 aliphatic carbocycles. The summed E-state index contributed by atoms with van der Waals surface area (Å²) in [5.74, 6) is 0.546. The summed E-state index contributed by atoms with van der Waals surface area (Å²) in [5, 5.41) is 4.25. The summed E-state index contributed by atoms with van der Waals surface area (Å²) in [5.41, 5.74) is 5.47. The van der Waals surface area contributed by atoms with Crippen molar-refractivity contribution in [3.8, 4) is 5.75 Å².